The van der Waals surface area contributed by atoms with E-state index in [1.54, 1.807) is 6.07 Å². The molecule has 1 aliphatic heterocycles. The average molecular weight is 312 g/mol. The highest BCUT2D eigenvalue weighted by Crippen LogP contribution is 2.42. The van der Waals surface area contributed by atoms with Gasteiger partial charge in [0.1, 0.15) is 0 Å². The van der Waals surface area contributed by atoms with Crippen LogP contribution in [0.25, 0.3) is 0 Å². The van der Waals surface area contributed by atoms with Crippen LogP contribution in [-0.4, -0.2) is 18.3 Å². The Labute approximate surface area is 129 Å². The largest absolute Gasteiger partial charge is 0.494 e. The van der Waals surface area contributed by atoms with E-state index in [2.05, 4.69) is 0 Å². The Bertz CT molecular complexity index is 576. The molecule has 1 heterocycles. The summed E-state index contributed by atoms with van der Waals surface area (Å²) in [4.78, 5) is 0. The Hall–Kier alpha value is -1.01. The molecular weight excluding hydrogens is 292 g/mol. The average Bonchev–Trinajstić information content (AvgIpc) is 3.16. The van der Waals surface area contributed by atoms with Crippen LogP contribution in [0.5, 0.6) is 0 Å². The van der Waals surface area contributed by atoms with Gasteiger partial charge in [-0.15, -0.1) is 0 Å². The lowest BCUT2D eigenvalue weighted by Gasteiger charge is -2.32. The summed E-state index contributed by atoms with van der Waals surface area (Å²) in [5, 5.41) is 0. The van der Waals surface area contributed by atoms with Gasteiger partial charge >= 0.3 is 13.3 Å². The standard InChI is InChI=1S/C16H20BF3O2/c1-14(2)15(3,4)22-17(21-14)13-8-11(10-5-6-10)7-12(9-13)16(18,19)20/h7-10H,5-6H2,1-4H3. The summed E-state index contributed by atoms with van der Waals surface area (Å²) < 4.78 is 51.2. The van der Waals surface area contributed by atoms with Gasteiger partial charge in [0.25, 0.3) is 0 Å². The van der Waals surface area contributed by atoms with Crippen molar-refractivity contribution < 1.29 is 22.5 Å². The molecule has 0 unspecified atom stereocenters. The molecule has 1 saturated heterocycles. The Morgan fingerprint density at radius 1 is 1.00 bits per heavy atom. The fourth-order valence-corrected chi connectivity index (χ4v) is 2.61. The molecule has 1 aliphatic carbocycles. The fraction of sp³-hybridized carbons (Fsp3) is 0.625. The lowest BCUT2D eigenvalue weighted by molar-refractivity contribution is -0.137. The van der Waals surface area contributed by atoms with Gasteiger partial charge in [0.05, 0.1) is 16.8 Å². The summed E-state index contributed by atoms with van der Waals surface area (Å²) in [6, 6.07) is 4.20. The van der Waals surface area contributed by atoms with Crippen LogP contribution in [-0.2, 0) is 15.5 Å². The van der Waals surface area contributed by atoms with Crippen molar-refractivity contribution in [3.63, 3.8) is 0 Å². The van der Waals surface area contributed by atoms with E-state index in [4.69, 9.17) is 9.31 Å². The van der Waals surface area contributed by atoms with Crippen LogP contribution >= 0.6 is 0 Å². The lowest BCUT2D eigenvalue weighted by Crippen LogP contribution is -2.41. The summed E-state index contributed by atoms with van der Waals surface area (Å²) in [6.45, 7) is 7.57. The van der Waals surface area contributed by atoms with Crippen molar-refractivity contribution in [2.45, 2.75) is 63.8 Å². The third-order valence-electron chi connectivity index (χ3n) is 4.88. The molecular formula is C16H20BF3O2. The molecule has 1 aromatic carbocycles. The first-order valence-corrected chi connectivity index (χ1v) is 7.57. The third kappa shape index (κ3) is 2.79. The van der Waals surface area contributed by atoms with E-state index in [1.165, 1.54) is 6.07 Å². The van der Waals surface area contributed by atoms with Crippen molar-refractivity contribution >= 4 is 12.6 Å². The molecule has 0 bridgehead atoms. The zero-order chi connectivity index (χ0) is 16.3. The quantitative estimate of drug-likeness (QED) is 0.772. The van der Waals surface area contributed by atoms with E-state index in [0.29, 0.717) is 5.46 Å². The molecule has 0 N–H and O–H groups in total. The van der Waals surface area contributed by atoms with Crippen LogP contribution in [0.2, 0.25) is 0 Å². The highest BCUT2D eigenvalue weighted by molar-refractivity contribution is 6.62. The molecule has 0 amide bonds. The van der Waals surface area contributed by atoms with Gasteiger partial charge in [-0.3, -0.25) is 0 Å². The highest BCUT2D eigenvalue weighted by Gasteiger charge is 2.52. The Kier molecular flexibility index (Phi) is 3.42. The zero-order valence-corrected chi connectivity index (χ0v) is 13.3. The minimum Gasteiger partial charge on any atom is -0.399 e. The van der Waals surface area contributed by atoms with E-state index in [9.17, 15) is 13.2 Å². The van der Waals surface area contributed by atoms with Crippen molar-refractivity contribution in [1.29, 1.82) is 0 Å². The van der Waals surface area contributed by atoms with Crippen LogP contribution in [0.1, 0.15) is 57.6 Å². The molecule has 6 heteroatoms. The molecule has 0 atom stereocenters. The maximum Gasteiger partial charge on any atom is 0.494 e. The lowest BCUT2D eigenvalue weighted by atomic mass is 9.77. The smallest absolute Gasteiger partial charge is 0.399 e. The first-order chi connectivity index (χ1) is 9.99. The molecule has 0 aromatic heterocycles. The van der Waals surface area contributed by atoms with Gasteiger partial charge in [-0.25, -0.2) is 0 Å². The summed E-state index contributed by atoms with van der Waals surface area (Å²) in [5.41, 5.74) is -0.561. The van der Waals surface area contributed by atoms with E-state index in [1.807, 2.05) is 27.7 Å². The summed E-state index contributed by atoms with van der Waals surface area (Å²) in [6.07, 6.45) is -2.46. The van der Waals surface area contributed by atoms with Crippen LogP contribution in [0.3, 0.4) is 0 Å². The predicted molar refractivity (Wildman–Crippen MR) is 79.1 cm³/mol. The number of rotatable bonds is 2. The van der Waals surface area contributed by atoms with Crippen LogP contribution in [0, 0.1) is 0 Å². The maximum atomic E-state index is 13.1. The number of halogens is 3. The molecule has 3 rings (SSSR count). The minimum atomic E-state index is -4.36. The molecule has 0 radical (unpaired) electrons. The van der Waals surface area contributed by atoms with Crippen LogP contribution < -0.4 is 5.46 Å². The summed E-state index contributed by atoms with van der Waals surface area (Å²) >= 11 is 0. The molecule has 1 aromatic rings. The second kappa shape index (κ2) is 4.74. The number of benzene rings is 1. The van der Waals surface area contributed by atoms with Crippen molar-refractivity contribution in [2.24, 2.45) is 0 Å². The van der Waals surface area contributed by atoms with Gasteiger partial charge in [0.15, 0.2) is 0 Å². The van der Waals surface area contributed by atoms with E-state index in [-0.39, 0.29) is 5.92 Å². The minimum absolute atomic E-state index is 0.239. The van der Waals surface area contributed by atoms with Crippen molar-refractivity contribution in [3.05, 3.63) is 29.3 Å². The first kappa shape index (κ1) is 15.9. The fourth-order valence-electron chi connectivity index (χ4n) is 2.61. The molecule has 2 aliphatic rings. The SMILES string of the molecule is CC1(C)OB(c2cc(C3CC3)cc(C(F)(F)F)c2)OC1(C)C. The predicted octanol–water partition coefficient (Wildman–Crippen LogP) is 3.88. The topological polar surface area (TPSA) is 18.5 Å². The summed E-state index contributed by atoms with van der Waals surface area (Å²) in [5.74, 6) is 0.239. The second-order valence-electron chi connectivity index (χ2n) is 7.25. The Balaban J connectivity index is 1.99. The Morgan fingerprint density at radius 2 is 1.55 bits per heavy atom. The monoisotopic (exact) mass is 312 g/mol. The molecule has 0 spiro atoms. The first-order valence-electron chi connectivity index (χ1n) is 7.57. The molecule has 2 nitrogen and oxygen atoms in total. The van der Waals surface area contributed by atoms with Gasteiger partial charge in [-0.1, -0.05) is 12.1 Å². The van der Waals surface area contributed by atoms with Gasteiger partial charge in [-0.2, -0.15) is 13.2 Å². The van der Waals surface area contributed by atoms with Crippen LogP contribution in [0.15, 0.2) is 18.2 Å². The van der Waals surface area contributed by atoms with Gasteiger partial charge in [0, 0.05) is 0 Å². The zero-order valence-electron chi connectivity index (χ0n) is 13.3. The van der Waals surface area contributed by atoms with Crippen LogP contribution in [0.4, 0.5) is 13.2 Å². The molecule has 1 saturated carbocycles. The Morgan fingerprint density at radius 3 is 2.00 bits per heavy atom. The van der Waals surface area contributed by atoms with E-state index < -0.39 is 30.1 Å². The van der Waals surface area contributed by atoms with Gasteiger partial charge in [-0.05, 0) is 63.5 Å². The second-order valence-corrected chi connectivity index (χ2v) is 7.25. The normalized spacial score (nSPS) is 23.9. The molecule has 22 heavy (non-hydrogen) atoms. The molecule has 2 fully saturated rings. The number of alkyl halides is 3. The van der Waals surface area contributed by atoms with Crippen molar-refractivity contribution in [2.75, 3.05) is 0 Å². The highest BCUT2D eigenvalue weighted by atomic mass is 19.4. The number of hydrogen-bond donors (Lipinski definition) is 0. The van der Waals surface area contributed by atoms with Crippen molar-refractivity contribution in [1.82, 2.24) is 0 Å². The van der Waals surface area contributed by atoms with Gasteiger partial charge < -0.3 is 9.31 Å². The number of hydrogen-bond acceptors (Lipinski definition) is 2. The maximum absolute atomic E-state index is 13.1. The molecule has 120 valence electrons. The van der Waals surface area contributed by atoms with Crippen molar-refractivity contribution in [3.8, 4) is 0 Å². The van der Waals surface area contributed by atoms with E-state index in [0.717, 1.165) is 24.5 Å². The third-order valence-corrected chi connectivity index (χ3v) is 4.88. The van der Waals surface area contributed by atoms with E-state index >= 15 is 0 Å². The summed E-state index contributed by atoms with van der Waals surface area (Å²) in [7, 11) is -0.759. The van der Waals surface area contributed by atoms with Gasteiger partial charge in [0.2, 0.25) is 0 Å².